The van der Waals surface area contributed by atoms with E-state index in [1.165, 1.54) is 0 Å². The number of rotatable bonds is 5. The predicted octanol–water partition coefficient (Wildman–Crippen LogP) is 1.26. The van der Waals surface area contributed by atoms with Crippen LogP contribution >= 0.6 is 0 Å². The SMILES string of the molecule is O=C1CC(Cc2ccc(C(=O)NC3CCC(C(=O)O)CC3)cc2)C(=O)N1. The van der Waals surface area contributed by atoms with Gasteiger partial charge in [-0.15, -0.1) is 0 Å². The predicted molar refractivity (Wildman–Crippen MR) is 92.3 cm³/mol. The van der Waals surface area contributed by atoms with Gasteiger partial charge < -0.3 is 10.4 Å². The van der Waals surface area contributed by atoms with Gasteiger partial charge in [0.1, 0.15) is 0 Å². The second kappa shape index (κ2) is 7.68. The van der Waals surface area contributed by atoms with E-state index in [4.69, 9.17) is 5.11 Å². The molecule has 3 rings (SSSR count). The monoisotopic (exact) mass is 358 g/mol. The highest BCUT2D eigenvalue weighted by molar-refractivity contribution is 6.03. The molecular formula is C19H22N2O5. The maximum atomic E-state index is 12.3. The minimum absolute atomic E-state index is 0.00553. The zero-order chi connectivity index (χ0) is 18.7. The molecule has 1 aliphatic heterocycles. The van der Waals surface area contributed by atoms with Crippen LogP contribution in [0.3, 0.4) is 0 Å². The van der Waals surface area contributed by atoms with Gasteiger partial charge in [0.15, 0.2) is 0 Å². The summed E-state index contributed by atoms with van der Waals surface area (Å²) >= 11 is 0. The fraction of sp³-hybridized carbons (Fsp3) is 0.474. The van der Waals surface area contributed by atoms with E-state index in [0.717, 1.165) is 5.56 Å². The van der Waals surface area contributed by atoms with Gasteiger partial charge in [-0.1, -0.05) is 12.1 Å². The van der Waals surface area contributed by atoms with Crippen LogP contribution in [0, 0.1) is 11.8 Å². The number of carbonyl (C=O) groups excluding carboxylic acids is 3. The fourth-order valence-corrected chi connectivity index (χ4v) is 3.60. The summed E-state index contributed by atoms with van der Waals surface area (Å²) in [5.74, 6) is -2.07. The molecule has 1 atom stereocenters. The van der Waals surface area contributed by atoms with Gasteiger partial charge in [-0.2, -0.15) is 0 Å². The number of hydrogen-bond donors (Lipinski definition) is 3. The summed E-state index contributed by atoms with van der Waals surface area (Å²) in [6.45, 7) is 0. The smallest absolute Gasteiger partial charge is 0.306 e. The van der Waals surface area contributed by atoms with Crippen LogP contribution in [0.4, 0.5) is 0 Å². The molecule has 7 heteroatoms. The molecule has 0 aromatic heterocycles. The largest absolute Gasteiger partial charge is 0.481 e. The summed E-state index contributed by atoms with van der Waals surface area (Å²) in [5.41, 5.74) is 1.43. The molecule has 1 aliphatic carbocycles. The molecule has 1 unspecified atom stereocenters. The molecule has 0 bridgehead atoms. The second-order valence-corrected chi connectivity index (χ2v) is 7.07. The zero-order valence-electron chi connectivity index (χ0n) is 14.4. The molecule has 1 saturated heterocycles. The van der Waals surface area contributed by atoms with Crippen LogP contribution in [0.1, 0.15) is 48.0 Å². The molecule has 3 amide bonds. The number of amides is 3. The third-order valence-electron chi connectivity index (χ3n) is 5.18. The van der Waals surface area contributed by atoms with Crippen LogP contribution in [0.15, 0.2) is 24.3 Å². The van der Waals surface area contributed by atoms with E-state index in [2.05, 4.69) is 10.6 Å². The number of benzene rings is 1. The maximum absolute atomic E-state index is 12.3. The minimum atomic E-state index is -0.761. The number of imide groups is 1. The minimum Gasteiger partial charge on any atom is -0.481 e. The third kappa shape index (κ3) is 4.28. The topological polar surface area (TPSA) is 113 Å². The second-order valence-electron chi connectivity index (χ2n) is 7.07. The van der Waals surface area contributed by atoms with Crippen LogP contribution in [0.25, 0.3) is 0 Å². The van der Waals surface area contributed by atoms with Gasteiger partial charge in [0, 0.05) is 18.0 Å². The van der Waals surface area contributed by atoms with Crippen molar-refractivity contribution in [1.82, 2.24) is 10.6 Å². The van der Waals surface area contributed by atoms with Gasteiger partial charge in [-0.3, -0.25) is 24.5 Å². The van der Waals surface area contributed by atoms with E-state index >= 15 is 0 Å². The lowest BCUT2D eigenvalue weighted by Crippen LogP contribution is -2.38. The number of carbonyl (C=O) groups is 4. The van der Waals surface area contributed by atoms with Crippen molar-refractivity contribution in [3.05, 3.63) is 35.4 Å². The average Bonchev–Trinajstić information content (AvgIpc) is 2.93. The van der Waals surface area contributed by atoms with E-state index in [9.17, 15) is 19.2 Å². The van der Waals surface area contributed by atoms with Gasteiger partial charge >= 0.3 is 5.97 Å². The van der Waals surface area contributed by atoms with Crippen molar-refractivity contribution < 1.29 is 24.3 Å². The standard InChI is InChI=1S/C19H22N2O5/c22-16-10-14(18(24)21-16)9-11-1-3-12(4-2-11)17(23)20-15-7-5-13(6-8-15)19(25)26/h1-4,13-15H,5-10H2,(H,20,23)(H,25,26)(H,21,22,24). The maximum Gasteiger partial charge on any atom is 0.306 e. The van der Waals surface area contributed by atoms with Crippen molar-refractivity contribution in [2.75, 3.05) is 0 Å². The highest BCUT2D eigenvalue weighted by Gasteiger charge is 2.30. The summed E-state index contributed by atoms with van der Waals surface area (Å²) in [6.07, 6.45) is 3.19. The quantitative estimate of drug-likeness (QED) is 0.686. The number of carboxylic acid groups (broad SMARTS) is 1. The summed E-state index contributed by atoms with van der Waals surface area (Å²) in [4.78, 5) is 46.2. The Balaban J connectivity index is 1.52. The summed E-state index contributed by atoms with van der Waals surface area (Å²) < 4.78 is 0. The lowest BCUT2D eigenvalue weighted by atomic mass is 9.86. The number of carboxylic acids is 1. The molecule has 1 aromatic rings. The van der Waals surface area contributed by atoms with E-state index in [1.54, 1.807) is 24.3 Å². The Labute approximate surface area is 151 Å². The highest BCUT2D eigenvalue weighted by atomic mass is 16.4. The Morgan fingerprint density at radius 1 is 1.08 bits per heavy atom. The van der Waals surface area contributed by atoms with Crippen LogP contribution in [0.2, 0.25) is 0 Å². The Kier molecular flexibility index (Phi) is 5.35. The first kappa shape index (κ1) is 18.1. The Morgan fingerprint density at radius 2 is 1.73 bits per heavy atom. The van der Waals surface area contributed by atoms with E-state index < -0.39 is 5.97 Å². The van der Waals surface area contributed by atoms with Gasteiger partial charge in [0.05, 0.1) is 11.8 Å². The molecule has 0 radical (unpaired) electrons. The lowest BCUT2D eigenvalue weighted by molar-refractivity contribution is -0.142. The van der Waals surface area contributed by atoms with E-state index in [-0.39, 0.29) is 42.0 Å². The van der Waals surface area contributed by atoms with Crippen molar-refractivity contribution in [2.24, 2.45) is 11.8 Å². The van der Waals surface area contributed by atoms with Gasteiger partial charge in [0.25, 0.3) is 5.91 Å². The molecule has 1 saturated carbocycles. The molecule has 7 nitrogen and oxygen atoms in total. The van der Waals surface area contributed by atoms with Crippen molar-refractivity contribution in [3.63, 3.8) is 0 Å². The molecule has 3 N–H and O–H groups in total. The first-order chi connectivity index (χ1) is 12.4. The van der Waals surface area contributed by atoms with E-state index in [0.29, 0.717) is 37.7 Å². The van der Waals surface area contributed by atoms with Gasteiger partial charge in [-0.25, -0.2) is 0 Å². The van der Waals surface area contributed by atoms with Crippen molar-refractivity contribution in [3.8, 4) is 0 Å². The molecule has 26 heavy (non-hydrogen) atoms. The van der Waals surface area contributed by atoms with Crippen LogP contribution in [-0.4, -0.2) is 34.8 Å². The summed E-state index contributed by atoms with van der Waals surface area (Å²) in [5, 5.41) is 14.3. The molecular weight excluding hydrogens is 336 g/mol. The molecule has 1 heterocycles. The highest BCUT2D eigenvalue weighted by Crippen LogP contribution is 2.24. The first-order valence-corrected chi connectivity index (χ1v) is 8.88. The van der Waals surface area contributed by atoms with E-state index in [1.807, 2.05) is 0 Å². The third-order valence-corrected chi connectivity index (χ3v) is 5.18. The number of nitrogens with one attached hydrogen (secondary N) is 2. The zero-order valence-corrected chi connectivity index (χ0v) is 14.4. The Morgan fingerprint density at radius 3 is 2.27 bits per heavy atom. The van der Waals surface area contributed by atoms with Gasteiger partial charge in [0.2, 0.25) is 11.8 Å². The molecule has 0 spiro atoms. The van der Waals surface area contributed by atoms with Gasteiger partial charge in [-0.05, 0) is 49.8 Å². The summed E-state index contributed by atoms with van der Waals surface area (Å²) in [7, 11) is 0. The number of hydrogen-bond acceptors (Lipinski definition) is 4. The average molecular weight is 358 g/mol. The normalized spacial score (nSPS) is 25.6. The van der Waals surface area contributed by atoms with Crippen LogP contribution < -0.4 is 10.6 Å². The molecule has 138 valence electrons. The van der Waals surface area contributed by atoms with Crippen molar-refractivity contribution >= 4 is 23.7 Å². The Bertz CT molecular complexity index is 720. The van der Waals surface area contributed by atoms with Crippen LogP contribution in [0.5, 0.6) is 0 Å². The molecule has 2 fully saturated rings. The first-order valence-electron chi connectivity index (χ1n) is 8.88. The lowest BCUT2D eigenvalue weighted by Gasteiger charge is -2.26. The van der Waals surface area contributed by atoms with Crippen molar-refractivity contribution in [2.45, 2.75) is 44.6 Å². The fourth-order valence-electron chi connectivity index (χ4n) is 3.60. The van der Waals surface area contributed by atoms with Crippen molar-refractivity contribution in [1.29, 1.82) is 0 Å². The molecule has 2 aliphatic rings. The summed E-state index contributed by atoms with van der Waals surface area (Å²) in [6, 6.07) is 7.02. The van der Waals surface area contributed by atoms with Crippen LogP contribution in [-0.2, 0) is 20.8 Å². The Hall–Kier alpha value is -2.70. The molecule has 1 aromatic carbocycles. The number of aliphatic carboxylic acids is 1.